The van der Waals surface area contributed by atoms with Crippen LogP contribution in [0.3, 0.4) is 0 Å². The minimum Gasteiger partial charge on any atom is -0.424 e. The normalized spacial score (nSPS) is 24.7. The smallest absolute Gasteiger partial charge is 0.230 e. The lowest BCUT2D eigenvalue weighted by Crippen LogP contribution is -2.45. The third-order valence-corrected chi connectivity index (χ3v) is 5.23. The molecule has 1 atom stereocenters. The number of nitrogens with one attached hydrogen (secondary N) is 1. The first-order valence-electron chi connectivity index (χ1n) is 9.44. The Balaban J connectivity index is 1.12. The van der Waals surface area contributed by atoms with Crippen LogP contribution in [-0.4, -0.2) is 44.4 Å². The van der Waals surface area contributed by atoms with Gasteiger partial charge in [-0.1, -0.05) is 5.16 Å². The number of hydrogen-bond donors (Lipinski definition) is 1. The highest BCUT2D eigenvalue weighted by molar-refractivity contribution is 5.02. The van der Waals surface area contributed by atoms with Crippen LogP contribution in [0.25, 0.3) is 0 Å². The lowest BCUT2D eigenvalue weighted by atomic mass is 10.1. The van der Waals surface area contributed by atoms with E-state index in [-0.39, 0.29) is 0 Å². The van der Waals surface area contributed by atoms with E-state index in [0.717, 1.165) is 37.2 Å². The van der Waals surface area contributed by atoms with E-state index in [9.17, 15) is 0 Å². The topological polar surface area (TPSA) is 93.1 Å². The second kappa shape index (κ2) is 6.49. The fourth-order valence-electron chi connectivity index (χ4n) is 3.46. The highest BCUT2D eigenvalue weighted by atomic mass is 16.5. The Morgan fingerprint density at radius 1 is 1.04 bits per heavy atom. The summed E-state index contributed by atoms with van der Waals surface area (Å²) in [5, 5.41) is 16.0. The van der Waals surface area contributed by atoms with Gasteiger partial charge in [-0.2, -0.15) is 4.98 Å². The molecule has 2 aliphatic carbocycles. The molecule has 0 radical (unpaired) electrons. The number of rotatable bonds is 7. The molecule has 0 spiro atoms. The van der Waals surface area contributed by atoms with Gasteiger partial charge in [0.25, 0.3) is 0 Å². The molecule has 3 fully saturated rings. The van der Waals surface area contributed by atoms with Crippen LogP contribution in [0.15, 0.2) is 8.94 Å². The van der Waals surface area contributed by atoms with Gasteiger partial charge >= 0.3 is 0 Å². The van der Waals surface area contributed by atoms with Crippen LogP contribution in [-0.2, 0) is 13.1 Å². The van der Waals surface area contributed by atoms with Crippen LogP contribution in [0, 0.1) is 0 Å². The minimum absolute atomic E-state index is 0.430. The molecule has 2 aromatic heterocycles. The second-order valence-corrected chi connectivity index (χ2v) is 7.59. The Morgan fingerprint density at radius 2 is 1.88 bits per heavy atom. The van der Waals surface area contributed by atoms with Gasteiger partial charge in [-0.25, -0.2) is 0 Å². The summed E-state index contributed by atoms with van der Waals surface area (Å²) >= 11 is 0. The van der Waals surface area contributed by atoms with Crippen molar-refractivity contribution in [1.29, 1.82) is 0 Å². The Hall–Kier alpha value is -1.80. The van der Waals surface area contributed by atoms with Crippen LogP contribution in [0.2, 0.25) is 0 Å². The second-order valence-electron chi connectivity index (χ2n) is 7.59. The van der Waals surface area contributed by atoms with E-state index >= 15 is 0 Å². The zero-order valence-corrected chi connectivity index (χ0v) is 14.4. The van der Waals surface area contributed by atoms with E-state index in [4.69, 9.17) is 8.94 Å². The van der Waals surface area contributed by atoms with Crippen molar-refractivity contribution in [3.8, 4) is 0 Å². The van der Waals surface area contributed by atoms with E-state index in [1.54, 1.807) is 0 Å². The van der Waals surface area contributed by atoms with Gasteiger partial charge in [-0.15, -0.1) is 10.2 Å². The minimum atomic E-state index is 0.430. The Bertz CT molecular complexity index is 720. The van der Waals surface area contributed by atoms with Crippen molar-refractivity contribution < 1.29 is 8.94 Å². The summed E-state index contributed by atoms with van der Waals surface area (Å²) in [6.45, 7) is 3.47. The molecule has 0 amide bonds. The molecule has 1 aliphatic heterocycles. The molecule has 1 N–H and O–H groups in total. The van der Waals surface area contributed by atoms with Gasteiger partial charge in [-0.3, -0.25) is 4.90 Å². The molecule has 8 nitrogen and oxygen atoms in total. The van der Waals surface area contributed by atoms with E-state index in [2.05, 4.69) is 30.6 Å². The van der Waals surface area contributed by atoms with Gasteiger partial charge in [0.2, 0.25) is 17.7 Å². The van der Waals surface area contributed by atoms with Gasteiger partial charge < -0.3 is 14.3 Å². The molecule has 0 aromatic carbocycles. The van der Waals surface area contributed by atoms with Crippen LogP contribution in [0.1, 0.15) is 73.9 Å². The lowest BCUT2D eigenvalue weighted by molar-refractivity contribution is 0.175. The third-order valence-electron chi connectivity index (χ3n) is 5.23. The summed E-state index contributed by atoms with van der Waals surface area (Å²) in [7, 11) is 0. The molecule has 3 aliphatic rings. The van der Waals surface area contributed by atoms with Gasteiger partial charge in [0.05, 0.1) is 13.1 Å². The summed E-state index contributed by atoms with van der Waals surface area (Å²) in [6.07, 6.45) is 7.09. The fourth-order valence-corrected chi connectivity index (χ4v) is 3.46. The summed E-state index contributed by atoms with van der Waals surface area (Å²) in [6, 6.07) is 0.430. The maximum atomic E-state index is 5.72. The molecule has 5 rings (SSSR count). The van der Waals surface area contributed by atoms with Gasteiger partial charge in [0.1, 0.15) is 0 Å². The van der Waals surface area contributed by atoms with Crippen LogP contribution in [0.4, 0.5) is 0 Å². The van der Waals surface area contributed by atoms with E-state index in [0.29, 0.717) is 30.3 Å². The molecule has 25 heavy (non-hydrogen) atoms. The molecular formula is C17H24N6O2. The summed E-state index contributed by atoms with van der Waals surface area (Å²) < 4.78 is 11.1. The maximum Gasteiger partial charge on any atom is 0.230 e. The van der Waals surface area contributed by atoms with Crippen molar-refractivity contribution in [3.63, 3.8) is 0 Å². The summed E-state index contributed by atoms with van der Waals surface area (Å²) in [5.41, 5.74) is 0. The van der Waals surface area contributed by atoms with Crippen LogP contribution < -0.4 is 5.32 Å². The average Bonchev–Trinajstić information content (AvgIpc) is 3.56. The standard InChI is InChI=1S/C17H24N6O2/c1-2-13(18-8-15-20-21-17(24-15)12-5-6-12)9-23(7-1)10-14-19-16(25-22-14)11-3-4-11/h11-13,18H,1-10H2/t13-/m1/s1. The van der Waals surface area contributed by atoms with Crippen molar-refractivity contribution in [1.82, 2.24) is 30.6 Å². The SMILES string of the molecule is C1C[C@@H](NCc2nnc(C3CC3)o2)CN(Cc2noc(C3CC3)n2)C1. The predicted octanol–water partition coefficient (Wildman–Crippen LogP) is 1.96. The predicted molar refractivity (Wildman–Crippen MR) is 87.7 cm³/mol. The fraction of sp³-hybridized carbons (Fsp3) is 0.765. The van der Waals surface area contributed by atoms with Crippen LogP contribution in [0.5, 0.6) is 0 Å². The van der Waals surface area contributed by atoms with Crippen molar-refractivity contribution in [2.45, 2.75) is 69.5 Å². The number of aromatic nitrogens is 4. The number of hydrogen-bond acceptors (Lipinski definition) is 8. The van der Waals surface area contributed by atoms with Crippen molar-refractivity contribution in [2.75, 3.05) is 13.1 Å². The first kappa shape index (κ1) is 15.5. The third kappa shape index (κ3) is 3.74. The zero-order chi connectivity index (χ0) is 16.6. The van der Waals surface area contributed by atoms with Crippen molar-refractivity contribution in [3.05, 3.63) is 23.5 Å². The Labute approximate surface area is 146 Å². The molecule has 3 heterocycles. The first-order chi connectivity index (χ1) is 12.3. The molecular weight excluding hydrogens is 320 g/mol. The number of likely N-dealkylation sites (tertiary alicyclic amines) is 1. The molecule has 0 bridgehead atoms. The Kier molecular flexibility index (Phi) is 4.01. The zero-order valence-electron chi connectivity index (χ0n) is 14.4. The summed E-state index contributed by atoms with van der Waals surface area (Å²) in [5.74, 6) is 4.18. The highest BCUT2D eigenvalue weighted by Crippen LogP contribution is 2.39. The van der Waals surface area contributed by atoms with Gasteiger partial charge in [0, 0.05) is 24.4 Å². The largest absolute Gasteiger partial charge is 0.424 e. The summed E-state index contributed by atoms with van der Waals surface area (Å²) in [4.78, 5) is 6.93. The molecule has 134 valence electrons. The molecule has 8 heteroatoms. The number of piperidine rings is 1. The van der Waals surface area contributed by atoms with E-state index < -0.39 is 0 Å². The van der Waals surface area contributed by atoms with E-state index in [1.807, 2.05) is 0 Å². The molecule has 2 aromatic rings. The quantitative estimate of drug-likeness (QED) is 0.815. The lowest BCUT2D eigenvalue weighted by Gasteiger charge is -2.32. The van der Waals surface area contributed by atoms with E-state index in [1.165, 1.54) is 38.5 Å². The highest BCUT2D eigenvalue weighted by Gasteiger charge is 2.31. The first-order valence-corrected chi connectivity index (χ1v) is 9.44. The van der Waals surface area contributed by atoms with Crippen LogP contribution >= 0.6 is 0 Å². The monoisotopic (exact) mass is 344 g/mol. The van der Waals surface area contributed by atoms with Gasteiger partial charge in [0.15, 0.2) is 5.82 Å². The van der Waals surface area contributed by atoms with Gasteiger partial charge in [-0.05, 0) is 45.1 Å². The molecule has 2 saturated carbocycles. The number of nitrogens with zero attached hydrogens (tertiary/aromatic N) is 5. The average molecular weight is 344 g/mol. The maximum absolute atomic E-state index is 5.72. The molecule has 0 unspecified atom stereocenters. The van der Waals surface area contributed by atoms with Crippen molar-refractivity contribution >= 4 is 0 Å². The van der Waals surface area contributed by atoms with Crippen molar-refractivity contribution in [2.24, 2.45) is 0 Å². The molecule has 1 saturated heterocycles. The Morgan fingerprint density at radius 3 is 2.72 bits per heavy atom.